The van der Waals surface area contributed by atoms with E-state index in [1.807, 2.05) is 0 Å². The highest BCUT2D eigenvalue weighted by atomic mass is 19.4. The van der Waals surface area contributed by atoms with E-state index in [0.717, 1.165) is 0 Å². The molecule has 0 heterocycles. The van der Waals surface area contributed by atoms with Gasteiger partial charge in [-0.2, -0.15) is 30.7 Å². The zero-order valence-electron chi connectivity index (χ0n) is 13.1. The van der Waals surface area contributed by atoms with Crippen molar-refractivity contribution in [1.29, 1.82) is 0 Å². The Hall–Kier alpha value is -1.55. The molecule has 1 unspecified atom stereocenters. The maximum absolute atomic E-state index is 13.3. The lowest BCUT2D eigenvalue weighted by atomic mass is 10.0. The number of hydrogen-bond donors (Lipinski definition) is 1. The van der Waals surface area contributed by atoms with Gasteiger partial charge >= 0.3 is 24.0 Å². The first kappa shape index (κ1) is 22.4. The van der Waals surface area contributed by atoms with Gasteiger partial charge in [0, 0.05) is 0 Å². The fraction of sp³-hybridized carbons (Fsp3) is 0.846. The normalized spacial score (nSPS) is 14.5. The Morgan fingerprint density at radius 3 is 1.92 bits per heavy atom. The summed E-state index contributed by atoms with van der Waals surface area (Å²) in [6.07, 6.45) is -5.59. The van der Waals surface area contributed by atoms with E-state index < -0.39 is 41.9 Å². The highest BCUT2D eigenvalue weighted by Crippen LogP contribution is 2.46. The van der Waals surface area contributed by atoms with Crippen LogP contribution in [-0.2, 0) is 14.3 Å². The van der Waals surface area contributed by atoms with Crippen LogP contribution in [0.3, 0.4) is 0 Å². The molecule has 0 aromatic heterocycles. The summed E-state index contributed by atoms with van der Waals surface area (Å²) in [5, 5.41) is 1.22. The molecule has 4 nitrogen and oxygen atoms in total. The molecule has 11 heteroatoms. The number of esters is 1. The van der Waals surface area contributed by atoms with Gasteiger partial charge in [0.2, 0.25) is 0 Å². The van der Waals surface area contributed by atoms with Gasteiger partial charge in [-0.1, -0.05) is 27.2 Å². The standard InChI is InChI=1S/C13H18F7NO3/c1-4-5-6-24-9(22)8(7(2)3)21-10(23)11(14,15)12(16,17)13(18,19)20/h7-8H,4-6H2,1-3H3,(H,21,23). The number of amides is 1. The number of ether oxygens (including phenoxy) is 1. The van der Waals surface area contributed by atoms with E-state index >= 15 is 0 Å². The second-order valence-corrected chi connectivity index (χ2v) is 5.36. The predicted octanol–water partition coefficient (Wildman–Crippen LogP) is 3.30. The Kier molecular flexibility index (Phi) is 7.50. The van der Waals surface area contributed by atoms with Crippen LogP contribution < -0.4 is 5.32 Å². The zero-order chi connectivity index (χ0) is 19.3. The third-order valence-corrected chi connectivity index (χ3v) is 2.98. The van der Waals surface area contributed by atoms with Crippen LogP contribution >= 0.6 is 0 Å². The molecular weight excluding hydrogens is 351 g/mol. The summed E-state index contributed by atoms with van der Waals surface area (Å²) in [4.78, 5) is 22.9. The van der Waals surface area contributed by atoms with E-state index in [2.05, 4.69) is 4.74 Å². The van der Waals surface area contributed by atoms with Crippen LogP contribution in [0, 0.1) is 5.92 Å². The molecule has 0 aliphatic heterocycles. The average Bonchev–Trinajstić information content (AvgIpc) is 2.42. The molecular formula is C13H18F7NO3. The van der Waals surface area contributed by atoms with Crippen LogP contribution in [-0.4, -0.2) is 42.5 Å². The van der Waals surface area contributed by atoms with Crippen molar-refractivity contribution in [2.75, 3.05) is 6.61 Å². The van der Waals surface area contributed by atoms with Crippen molar-refractivity contribution in [2.45, 2.75) is 57.7 Å². The summed E-state index contributed by atoms with van der Waals surface area (Å²) >= 11 is 0. The van der Waals surface area contributed by atoms with Crippen LogP contribution in [0.15, 0.2) is 0 Å². The monoisotopic (exact) mass is 369 g/mol. The van der Waals surface area contributed by atoms with Gasteiger partial charge in [0.1, 0.15) is 6.04 Å². The van der Waals surface area contributed by atoms with E-state index in [-0.39, 0.29) is 6.61 Å². The lowest BCUT2D eigenvalue weighted by Gasteiger charge is -2.29. The number of rotatable bonds is 8. The Morgan fingerprint density at radius 2 is 1.54 bits per heavy atom. The van der Waals surface area contributed by atoms with Crippen molar-refractivity contribution in [3.05, 3.63) is 0 Å². The number of carbonyl (C=O) groups is 2. The minimum absolute atomic E-state index is 0.108. The van der Waals surface area contributed by atoms with Gasteiger partial charge in [0.05, 0.1) is 6.61 Å². The molecule has 0 fully saturated rings. The van der Waals surface area contributed by atoms with Crippen LogP contribution in [0.5, 0.6) is 0 Å². The summed E-state index contributed by atoms with van der Waals surface area (Å²) in [5.74, 6) is -17.6. The molecule has 0 saturated heterocycles. The molecule has 1 N–H and O–H groups in total. The van der Waals surface area contributed by atoms with E-state index in [9.17, 15) is 40.3 Å². The first-order valence-corrected chi connectivity index (χ1v) is 7.00. The molecule has 24 heavy (non-hydrogen) atoms. The van der Waals surface area contributed by atoms with Crippen LogP contribution in [0.2, 0.25) is 0 Å². The Balaban J connectivity index is 5.23. The minimum Gasteiger partial charge on any atom is -0.464 e. The van der Waals surface area contributed by atoms with Crippen molar-refractivity contribution in [3.8, 4) is 0 Å². The molecule has 0 aromatic carbocycles. The van der Waals surface area contributed by atoms with Crippen molar-refractivity contribution < 1.29 is 45.1 Å². The summed E-state index contributed by atoms with van der Waals surface area (Å²) in [6, 6.07) is -1.79. The lowest BCUT2D eigenvalue weighted by molar-refractivity contribution is -0.344. The van der Waals surface area contributed by atoms with Gasteiger partial charge in [-0.25, -0.2) is 4.79 Å². The van der Waals surface area contributed by atoms with Crippen molar-refractivity contribution >= 4 is 11.9 Å². The summed E-state index contributed by atoms with van der Waals surface area (Å²) < 4.78 is 92.9. The minimum atomic E-state index is -6.64. The van der Waals surface area contributed by atoms with Crippen LogP contribution in [0.4, 0.5) is 30.7 Å². The number of unbranched alkanes of at least 4 members (excludes halogenated alkanes) is 1. The SMILES string of the molecule is CCCCOC(=O)C(NC(=O)C(F)(F)C(F)(F)C(F)(F)F)C(C)C. The molecule has 0 spiro atoms. The average molecular weight is 369 g/mol. The van der Waals surface area contributed by atoms with Crippen molar-refractivity contribution in [2.24, 2.45) is 5.92 Å². The van der Waals surface area contributed by atoms with Crippen molar-refractivity contribution in [1.82, 2.24) is 5.32 Å². The van der Waals surface area contributed by atoms with E-state index in [4.69, 9.17) is 0 Å². The molecule has 0 bridgehead atoms. The molecule has 0 radical (unpaired) electrons. The highest BCUT2D eigenvalue weighted by Gasteiger charge is 2.76. The number of halogens is 7. The molecule has 1 amide bonds. The summed E-state index contributed by atoms with van der Waals surface area (Å²) in [6.45, 7) is 4.19. The quantitative estimate of drug-likeness (QED) is 0.406. The van der Waals surface area contributed by atoms with E-state index in [0.29, 0.717) is 12.8 Å². The predicted molar refractivity (Wildman–Crippen MR) is 68.6 cm³/mol. The maximum Gasteiger partial charge on any atom is 0.460 e. The second-order valence-electron chi connectivity index (χ2n) is 5.36. The van der Waals surface area contributed by atoms with Gasteiger partial charge in [-0.3, -0.25) is 4.79 Å². The lowest BCUT2D eigenvalue weighted by Crippen LogP contribution is -2.62. The fourth-order valence-electron chi connectivity index (χ4n) is 1.46. The Labute approximate surface area is 133 Å². The molecule has 0 saturated carbocycles. The number of nitrogens with one attached hydrogen (secondary N) is 1. The molecule has 142 valence electrons. The first-order valence-electron chi connectivity index (χ1n) is 7.00. The van der Waals surface area contributed by atoms with Gasteiger partial charge in [0.15, 0.2) is 0 Å². The van der Waals surface area contributed by atoms with Crippen molar-refractivity contribution in [3.63, 3.8) is 0 Å². The van der Waals surface area contributed by atoms with Gasteiger partial charge < -0.3 is 10.1 Å². The molecule has 0 aromatic rings. The molecule has 0 rings (SSSR count). The van der Waals surface area contributed by atoms with Crippen LogP contribution in [0.1, 0.15) is 33.6 Å². The third-order valence-electron chi connectivity index (χ3n) is 2.98. The zero-order valence-corrected chi connectivity index (χ0v) is 13.1. The highest BCUT2D eigenvalue weighted by molar-refractivity contribution is 5.89. The second kappa shape index (κ2) is 8.02. The first-order chi connectivity index (χ1) is 10.7. The maximum atomic E-state index is 13.3. The Morgan fingerprint density at radius 1 is 1.04 bits per heavy atom. The third kappa shape index (κ3) is 4.97. The molecule has 1 atom stereocenters. The largest absolute Gasteiger partial charge is 0.464 e. The fourth-order valence-corrected chi connectivity index (χ4v) is 1.46. The number of carbonyl (C=O) groups excluding carboxylic acids is 2. The van der Waals surface area contributed by atoms with Gasteiger partial charge in [-0.05, 0) is 12.3 Å². The number of hydrogen-bond acceptors (Lipinski definition) is 3. The van der Waals surface area contributed by atoms with E-state index in [1.54, 1.807) is 6.92 Å². The van der Waals surface area contributed by atoms with E-state index in [1.165, 1.54) is 19.2 Å². The van der Waals surface area contributed by atoms with Crippen LogP contribution in [0.25, 0.3) is 0 Å². The smallest absolute Gasteiger partial charge is 0.460 e. The van der Waals surface area contributed by atoms with Gasteiger partial charge in [-0.15, -0.1) is 0 Å². The van der Waals surface area contributed by atoms with Gasteiger partial charge in [0.25, 0.3) is 5.91 Å². The topological polar surface area (TPSA) is 55.4 Å². The summed E-state index contributed by atoms with van der Waals surface area (Å²) in [5.41, 5.74) is 0. The molecule has 0 aliphatic carbocycles. The number of alkyl halides is 7. The molecule has 0 aliphatic rings. The Bertz CT molecular complexity index is 449. The summed E-state index contributed by atoms with van der Waals surface area (Å²) in [7, 11) is 0.